The minimum Gasteiger partial charge on any atom is -0.369 e. The van der Waals surface area contributed by atoms with Gasteiger partial charge in [0.05, 0.1) is 5.70 Å². The van der Waals surface area contributed by atoms with E-state index in [1.165, 1.54) is 20.6 Å². The Hall–Kier alpha value is -0.550. The lowest BCUT2D eigenvalue weighted by molar-refractivity contribution is -0.206. The van der Waals surface area contributed by atoms with Crippen LogP contribution in [0, 0.1) is 0 Å². The number of ketones is 1. The lowest BCUT2D eigenvalue weighted by Gasteiger charge is -2.43. The van der Waals surface area contributed by atoms with Crippen molar-refractivity contribution in [2.24, 2.45) is 0 Å². The molecule has 2 rings (SSSR count). The summed E-state index contributed by atoms with van der Waals surface area (Å²) in [6.07, 6.45) is 5.05. The van der Waals surface area contributed by atoms with Crippen molar-refractivity contribution in [3.63, 3.8) is 0 Å². The predicted octanol–water partition coefficient (Wildman–Crippen LogP) is 3.05. The average molecular weight is 334 g/mol. The largest absolute Gasteiger partial charge is 0.369 e. The van der Waals surface area contributed by atoms with Gasteiger partial charge in [0.15, 0.2) is 4.87 Å². The summed E-state index contributed by atoms with van der Waals surface area (Å²) in [4.78, 5) is 13.3. The van der Waals surface area contributed by atoms with Gasteiger partial charge >= 0.3 is 0 Å². The van der Waals surface area contributed by atoms with Crippen molar-refractivity contribution < 1.29 is 14.3 Å². The molecule has 0 N–H and O–H groups in total. The molecule has 0 amide bonds. The monoisotopic (exact) mass is 333 g/mol. The molecule has 2 aliphatic rings. The van der Waals surface area contributed by atoms with Crippen LogP contribution in [0.4, 0.5) is 0 Å². The van der Waals surface area contributed by atoms with Crippen molar-refractivity contribution in [1.29, 1.82) is 0 Å². The molecule has 0 bridgehead atoms. The van der Waals surface area contributed by atoms with Crippen molar-refractivity contribution in [2.75, 3.05) is 27.3 Å². The number of hydrogen-bond donors (Lipinski definition) is 0. The second-order valence-electron chi connectivity index (χ2n) is 5.36. The Labute approximate surface area is 135 Å². The molecule has 0 spiro atoms. The number of piperidine rings is 1. The lowest BCUT2D eigenvalue weighted by Crippen LogP contribution is -2.57. The summed E-state index contributed by atoms with van der Waals surface area (Å²) < 4.78 is 11.2. The number of methoxy groups -OCH3 is 2. The molecule has 1 unspecified atom stereocenters. The minimum absolute atomic E-state index is 0.109. The highest BCUT2D eigenvalue weighted by atomic mass is 35.5. The number of ether oxygens (including phenoxy) is 2. The first-order valence-corrected chi connectivity index (χ1v) is 7.84. The van der Waals surface area contributed by atoms with Crippen LogP contribution in [0.25, 0.3) is 0 Å². The molecule has 0 aromatic heterocycles. The normalized spacial score (nSPS) is 29.1. The van der Waals surface area contributed by atoms with E-state index in [0.29, 0.717) is 5.70 Å². The number of halogens is 2. The van der Waals surface area contributed by atoms with Gasteiger partial charge in [-0.05, 0) is 25.7 Å². The van der Waals surface area contributed by atoms with E-state index in [0.717, 1.165) is 25.9 Å². The Morgan fingerprint density at radius 1 is 1.29 bits per heavy atom. The fraction of sp³-hybridized carbons (Fsp3) is 0.667. The van der Waals surface area contributed by atoms with Crippen molar-refractivity contribution in [3.05, 3.63) is 23.4 Å². The maximum absolute atomic E-state index is 12.6. The second-order valence-corrected chi connectivity index (χ2v) is 6.38. The van der Waals surface area contributed by atoms with Gasteiger partial charge in [0.25, 0.3) is 0 Å². The van der Waals surface area contributed by atoms with E-state index in [1.54, 1.807) is 6.08 Å². The summed E-state index contributed by atoms with van der Waals surface area (Å²) in [7, 11) is 2.97. The molecule has 1 aliphatic carbocycles. The zero-order chi connectivity index (χ0) is 15.7. The third-order valence-electron chi connectivity index (χ3n) is 4.27. The van der Waals surface area contributed by atoms with Crippen LogP contribution in [0.3, 0.4) is 0 Å². The third kappa shape index (κ3) is 2.33. The van der Waals surface area contributed by atoms with Crippen molar-refractivity contribution >= 4 is 29.0 Å². The van der Waals surface area contributed by atoms with E-state index < -0.39 is 10.7 Å². The highest BCUT2D eigenvalue weighted by Crippen LogP contribution is 2.52. The van der Waals surface area contributed by atoms with E-state index >= 15 is 0 Å². The molecule has 21 heavy (non-hydrogen) atoms. The van der Waals surface area contributed by atoms with E-state index in [4.69, 9.17) is 32.7 Å². The minimum atomic E-state index is -1.41. The Balaban J connectivity index is 2.54. The Bertz CT molecular complexity index is 468. The Morgan fingerprint density at radius 3 is 2.33 bits per heavy atom. The maximum Gasteiger partial charge on any atom is 0.239 e. The number of alkyl halides is 1. The molecule has 1 atom stereocenters. The molecule has 0 saturated carbocycles. The van der Waals surface area contributed by atoms with Gasteiger partial charge in [-0.15, -0.1) is 18.2 Å². The van der Waals surface area contributed by atoms with Crippen LogP contribution in [0.5, 0.6) is 0 Å². The third-order valence-corrected chi connectivity index (χ3v) is 5.20. The van der Waals surface area contributed by atoms with Crippen LogP contribution >= 0.6 is 23.2 Å². The summed E-state index contributed by atoms with van der Waals surface area (Å²) in [6.45, 7) is 5.31. The van der Waals surface area contributed by atoms with Crippen LogP contribution in [0.1, 0.15) is 25.7 Å². The molecule has 1 aliphatic heterocycles. The molecule has 1 saturated heterocycles. The molecule has 0 radical (unpaired) electrons. The topological polar surface area (TPSA) is 38.8 Å². The van der Waals surface area contributed by atoms with Gasteiger partial charge in [-0.1, -0.05) is 17.7 Å². The van der Waals surface area contributed by atoms with E-state index in [9.17, 15) is 4.79 Å². The van der Waals surface area contributed by atoms with Crippen molar-refractivity contribution in [1.82, 2.24) is 4.90 Å². The average Bonchev–Trinajstić information content (AvgIpc) is 2.67. The molecule has 118 valence electrons. The van der Waals surface area contributed by atoms with Crippen LogP contribution in [-0.4, -0.2) is 48.7 Å². The molecule has 1 fully saturated rings. The first-order chi connectivity index (χ1) is 9.98. The van der Waals surface area contributed by atoms with E-state index in [-0.39, 0.29) is 17.2 Å². The molecular formula is C15H21Cl2NO3. The number of hydrogen-bond acceptors (Lipinski definition) is 4. The van der Waals surface area contributed by atoms with Gasteiger partial charge in [0.2, 0.25) is 11.6 Å². The van der Waals surface area contributed by atoms with E-state index in [2.05, 4.69) is 11.5 Å². The summed E-state index contributed by atoms with van der Waals surface area (Å²) in [5.41, 5.74) is 0.552. The van der Waals surface area contributed by atoms with Crippen LogP contribution < -0.4 is 0 Å². The molecule has 4 nitrogen and oxygen atoms in total. The second kappa shape index (κ2) is 6.29. The zero-order valence-corrected chi connectivity index (χ0v) is 14.0. The zero-order valence-electron chi connectivity index (χ0n) is 12.5. The number of carbonyl (C=O) groups is 1. The van der Waals surface area contributed by atoms with Crippen LogP contribution in [0.2, 0.25) is 0 Å². The molecule has 6 heteroatoms. The van der Waals surface area contributed by atoms with Crippen molar-refractivity contribution in [2.45, 2.75) is 36.3 Å². The summed E-state index contributed by atoms with van der Waals surface area (Å²) in [5, 5.41) is 0.109. The Morgan fingerprint density at radius 2 is 1.86 bits per heavy atom. The highest BCUT2D eigenvalue weighted by Gasteiger charge is 2.66. The van der Waals surface area contributed by atoms with Gasteiger partial charge in [0.1, 0.15) is 5.03 Å². The fourth-order valence-electron chi connectivity index (χ4n) is 3.25. The fourth-order valence-corrected chi connectivity index (χ4v) is 4.15. The summed E-state index contributed by atoms with van der Waals surface area (Å²) >= 11 is 13.0. The smallest absolute Gasteiger partial charge is 0.239 e. The number of carbonyl (C=O) groups excluding carboxylic acids is 1. The van der Waals surface area contributed by atoms with Crippen LogP contribution in [0.15, 0.2) is 23.4 Å². The summed E-state index contributed by atoms with van der Waals surface area (Å²) in [5.74, 6) is -1.75. The van der Waals surface area contributed by atoms with Crippen LogP contribution in [-0.2, 0) is 14.3 Å². The standard InChI is InChI=1S/C15H21Cl2NO3/c1-4-8-14(17)13(19)11(16)12(15(14,20-2)21-3)18-9-6-5-7-10-18/h4H,1,5-10H2,2-3H3. The van der Waals surface area contributed by atoms with E-state index in [1.807, 2.05) is 0 Å². The van der Waals surface area contributed by atoms with Gasteiger partial charge in [-0.2, -0.15) is 0 Å². The quantitative estimate of drug-likeness (QED) is 0.440. The van der Waals surface area contributed by atoms with Crippen molar-refractivity contribution in [3.8, 4) is 0 Å². The predicted molar refractivity (Wildman–Crippen MR) is 83.5 cm³/mol. The highest BCUT2D eigenvalue weighted by molar-refractivity contribution is 6.53. The van der Waals surface area contributed by atoms with Gasteiger partial charge in [0, 0.05) is 27.3 Å². The molecule has 1 heterocycles. The van der Waals surface area contributed by atoms with Gasteiger partial charge in [-0.25, -0.2) is 0 Å². The number of rotatable bonds is 5. The number of allylic oxidation sites excluding steroid dienone is 2. The maximum atomic E-state index is 12.6. The molecular weight excluding hydrogens is 313 g/mol. The lowest BCUT2D eigenvalue weighted by atomic mass is 9.93. The SMILES string of the molecule is C=CCC1(Cl)C(=O)C(Cl)=C(N2CCCCC2)C1(OC)OC. The molecule has 0 aromatic carbocycles. The first-order valence-electron chi connectivity index (χ1n) is 7.08. The first kappa shape index (κ1) is 16.8. The Kier molecular flexibility index (Phi) is 5.03. The molecule has 0 aromatic rings. The number of Topliss-reactive ketones (excluding diaryl/α,β-unsaturated/α-hetero) is 1. The number of nitrogens with zero attached hydrogens (tertiary/aromatic N) is 1. The summed E-state index contributed by atoms with van der Waals surface area (Å²) in [6, 6.07) is 0. The van der Waals surface area contributed by atoms with Gasteiger partial charge in [-0.3, -0.25) is 4.79 Å². The number of likely N-dealkylation sites (tertiary alicyclic amines) is 1. The van der Waals surface area contributed by atoms with Gasteiger partial charge < -0.3 is 14.4 Å².